The van der Waals surface area contributed by atoms with Crippen LogP contribution in [0.5, 0.6) is 5.75 Å². The van der Waals surface area contributed by atoms with Crippen molar-refractivity contribution in [1.29, 1.82) is 5.26 Å². The number of tetrazole rings is 1. The van der Waals surface area contributed by atoms with Gasteiger partial charge < -0.3 is 15.0 Å². The van der Waals surface area contributed by atoms with E-state index >= 15 is 0 Å². The number of likely N-dealkylation sites (N-methyl/N-ethyl adjacent to an activating group) is 1. The first-order valence-corrected chi connectivity index (χ1v) is 11.8. The third kappa shape index (κ3) is 5.08. The number of hydrogen-bond donors (Lipinski definition) is 1. The number of aryl methyl sites for hydroxylation is 1. The molecule has 186 valence electrons. The second-order valence-corrected chi connectivity index (χ2v) is 8.72. The van der Waals surface area contributed by atoms with E-state index in [0.29, 0.717) is 48.0 Å². The highest BCUT2D eigenvalue weighted by Crippen LogP contribution is 2.34. The number of carbonyl (C=O) groups is 2. The molecule has 0 spiro atoms. The fourth-order valence-corrected chi connectivity index (χ4v) is 4.26. The van der Waals surface area contributed by atoms with Gasteiger partial charge in [0.05, 0.1) is 31.3 Å². The summed E-state index contributed by atoms with van der Waals surface area (Å²) in [5.41, 5.74) is 3.68. The molecule has 2 aromatic carbocycles. The Hall–Kier alpha value is -4.85. The van der Waals surface area contributed by atoms with Crippen LogP contribution in [0, 0.1) is 11.3 Å². The van der Waals surface area contributed by atoms with Crippen LogP contribution in [0.4, 0.5) is 5.69 Å². The zero-order chi connectivity index (χ0) is 25.8. The van der Waals surface area contributed by atoms with Gasteiger partial charge in [-0.1, -0.05) is 30.3 Å². The van der Waals surface area contributed by atoms with Gasteiger partial charge in [0.1, 0.15) is 24.1 Å². The lowest BCUT2D eigenvalue weighted by molar-refractivity contribution is -0.124. The molecule has 0 saturated carbocycles. The minimum absolute atomic E-state index is 0.0188. The molecule has 11 nitrogen and oxygen atoms in total. The smallest absolute Gasteiger partial charge is 0.270 e. The second-order valence-electron chi connectivity index (χ2n) is 8.72. The van der Waals surface area contributed by atoms with Crippen LogP contribution in [0.3, 0.4) is 0 Å². The Bertz CT molecular complexity index is 1440. The first-order valence-electron chi connectivity index (χ1n) is 11.8. The number of fused-ring (bicyclic) bond motifs is 1. The molecule has 11 heteroatoms. The normalized spacial score (nSPS) is 16.7. The highest BCUT2D eigenvalue weighted by atomic mass is 16.5. The highest BCUT2D eigenvalue weighted by molar-refractivity contribution is 6.44. The molecule has 1 N–H and O–H groups in total. The van der Waals surface area contributed by atoms with E-state index in [1.807, 2.05) is 30.3 Å². The summed E-state index contributed by atoms with van der Waals surface area (Å²) >= 11 is 0. The number of amides is 2. The Morgan fingerprint density at radius 3 is 2.89 bits per heavy atom. The molecule has 1 atom stereocenters. The quantitative estimate of drug-likeness (QED) is 0.525. The van der Waals surface area contributed by atoms with Gasteiger partial charge in [0.2, 0.25) is 0 Å². The van der Waals surface area contributed by atoms with Gasteiger partial charge in [-0.05, 0) is 52.3 Å². The van der Waals surface area contributed by atoms with Crippen molar-refractivity contribution >= 4 is 23.2 Å². The SMILES string of the molecule is CN1C(=O)[C@H](NC(=O)C2=NCC(Cc3ccccc3)=C2)COc2ccc(-c3nnnn3CCC#N)cc21. The molecule has 0 fully saturated rings. The number of nitrogens with zero attached hydrogens (tertiary/aromatic N) is 7. The number of ether oxygens (including phenoxy) is 1. The van der Waals surface area contributed by atoms with Crippen LogP contribution in [-0.2, 0) is 22.6 Å². The molecule has 0 radical (unpaired) electrons. The minimum Gasteiger partial charge on any atom is -0.489 e. The third-order valence-electron chi connectivity index (χ3n) is 6.19. The van der Waals surface area contributed by atoms with Crippen molar-refractivity contribution in [1.82, 2.24) is 25.5 Å². The Kier molecular flexibility index (Phi) is 6.72. The van der Waals surface area contributed by atoms with Crippen LogP contribution in [-0.4, -0.2) is 64.0 Å². The molecular weight excluding hydrogens is 472 g/mol. The molecule has 0 aliphatic carbocycles. The van der Waals surface area contributed by atoms with E-state index in [-0.39, 0.29) is 18.9 Å². The number of rotatable bonds is 7. The third-order valence-corrected chi connectivity index (χ3v) is 6.19. The minimum atomic E-state index is -0.886. The molecule has 3 aromatic rings. The van der Waals surface area contributed by atoms with Gasteiger partial charge in [-0.15, -0.1) is 5.10 Å². The molecule has 0 unspecified atom stereocenters. The van der Waals surface area contributed by atoms with Crippen molar-refractivity contribution in [2.45, 2.75) is 25.4 Å². The van der Waals surface area contributed by atoms with Crippen molar-refractivity contribution in [2.75, 3.05) is 25.1 Å². The van der Waals surface area contributed by atoms with Crippen LogP contribution in [0.25, 0.3) is 11.4 Å². The number of carbonyl (C=O) groups excluding carboxylic acids is 2. The molecule has 5 rings (SSSR count). The highest BCUT2D eigenvalue weighted by Gasteiger charge is 2.32. The maximum absolute atomic E-state index is 13.3. The molecule has 3 heterocycles. The Labute approximate surface area is 213 Å². The number of hydrogen-bond acceptors (Lipinski definition) is 8. The summed E-state index contributed by atoms with van der Waals surface area (Å²) in [5, 5.41) is 23.4. The lowest BCUT2D eigenvalue weighted by Gasteiger charge is -2.20. The van der Waals surface area contributed by atoms with Crippen molar-refractivity contribution in [3.05, 3.63) is 65.7 Å². The van der Waals surface area contributed by atoms with E-state index in [0.717, 1.165) is 11.1 Å². The van der Waals surface area contributed by atoms with Crippen LogP contribution in [0.15, 0.2) is 65.2 Å². The number of aromatic nitrogens is 4. The first-order chi connectivity index (χ1) is 18.0. The number of nitriles is 1. The van der Waals surface area contributed by atoms with E-state index in [4.69, 9.17) is 10.00 Å². The van der Waals surface area contributed by atoms with Gasteiger partial charge in [-0.25, -0.2) is 4.68 Å². The molecule has 0 bridgehead atoms. The fraction of sp³-hybridized carbons (Fsp3) is 0.269. The van der Waals surface area contributed by atoms with E-state index in [9.17, 15) is 9.59 Å². The predicted molar refractivity (Wildman–Crippen MR) is 135 cm³/mol. The summed E-state index contributed by atoms with van der Waals surface area (Å²) in [5.74, 6) is 0.239. The van der Waals surface area contributed by atoms with E-state index in [1.54, 1.807) is 31.3 Å². The lowest BCUT2D eigenvalue weighted by atomic mass is 10.1. The standard InChI is InChI=1S/C26H24N8O3/c1-33-22-14-19(24-30-31-32-34(24)11-5-10-27)8-9-23(22)37-16-21(26(33)36)29-25(35)20-13-18(15-28-20)12-17-6-3-2-4-7-17/h2-4,6-9,13-14,21H,5,11-12,15-16H2,1H3,(H,29,35)/t21-/m1/s1. The Morgan fingerprint density at radius 1 is 1.24 bits per heavy atom. The number of anilines is 1. The van der Waals surface area contributed by atoms with E-state index in [2.05, 4.69) is 31.9 Å². The van der Waals surface area contributed by atoms with Crippen molar-refractivity contribution in [3.8, 4) is 23.2 Å². The summed E-state index contributed by atoms with van der Waals surface area (Å²) < 4.78 is 7.44. The van der Waals surface area contributed by atoms with Gasteiger partial charge in [-0.2, -0.15) is 5.26 Å². The van der Waals surface area contributed by atoms with Crippen molar-refractivity contribution in [2.24, 2.45) is 4.99 Å². The largest absolute Gasteiger partial charge is 0.489 e. The molecule has 2 aliphatic rings. The molecule has 2 amide bonds. The zero-order valence-corrected chi connectivity index (χ0v) is 20.2. The molecule has 1 aromatic heterocycles. The van der Waals surface area contributed by atoms with Crippen molar-refractivity contribution in [3.63, 3.8) is 0 Å². The predicted octanol–water partition coefficient (Wildman–Crippen LogP) is 1.72. The summed E-state index contributed by atoms with van der Waals surface area (Å²) in [4.78, 5) is 32.0. The topological polar surface area (TPSA) is 138 Å². The second kappa shape index (κ2) is 10.4. The molecule has 37 heavy (non-hydrogen) atoms. The van der Waals surface area contributed by atoms with Gasteiger partial charge in [0.15, 0.2) is 5.82 Å². The summed E-state index contributed by atoms with van der Waals surface area (Å²) in [6, 6.07) is 16.5. The Balaban J connectivity index is 1.28. The monoisotopic (exact) mass is 496 g/mol. The van der Waals surface area contributed by atoms with Gasteiger partial charge in [0.25, 0.3) is 11.8 Å². The molecule has 2 aliphatic heterocycles. The van der Waals surface area contributed by atoms with Gasteiger partial charge >= 0.3 is 0 Å². The Morgan fingerprint density at radius 2 is 2.08 bits per heavy atom. The summed E-state index contributed by atoms with van der Waals surface area (Å²) in [6.07, 6.45) is 2.76. The maximum atomic E-state index is 13.3. The van der Waals surface area contributed by atoms with Crippen LogP contribution < -0.4 is 15.0 Å². The van der Waals surface area contributed by atoms with E-state index < -0.39 is 11.9 Å². The zero-order valence-electron chi connectivity index (χ0n) is 20.2. The first kappa shape index (κ1) is 23.9. The van der Waals surface area contributed by atoms with Crippen molar-refractivity contribution < 1.29 is 14.3 Å². The average molecular weight is 497 g/mol. The average Bonchev–Trinajstić information content (AvgIpc) is 3.57. The number of nitrogens with one attached hydrogen (secondary N) is 1. The molecule has 0 saturated heterocycles. The lowest BCUT2D eigenvalue weighted by Crippen LogP contribution is -2.50. The molecular formula is C26H24N8O3. The summed E-state index contributed by atoms with van der Waals surface area (Å²) in [6.45, 7) is 0.782. The van der Waals surface area contributed by atoms with Gasteiger partial charge in [-0.3, -0.25) is 14.6 Å². The van der Waals surface area contributed by atoms with Crippen LogP contribution in [0.2, 0.25) is 0 Å². The van der Waals surface area contributed by atoms with Crippen LogP contribution >= 0.6 is 0 Å². The fourth-order valence-electron chi connectivity index (χ4n) is 4.26. The van der Waals surface area contributed by atoms with Gasteiger partial charge in [0, 0.05) is 12.6 Å². The number of benzene rings is 2. The van der Waals surface area contributed by atoms with Crippen LogP contribution in [0.1, 0.15) is 12.0 Å². The number of aliphatic imine (C=N–C) groups is 1. The van der Waals surface area contributed by atoms with E-state index in [1.165, 1.54) is 9.58 Å². The maximum Gasteiger partial charge on any atom is 0.270 e. The summed E-state index contributed by atoms with van der Waals surface area (Å²) in [7, 11) is 1.63.